The van der Waals surface area contributed by atoms with Gasteiger partial charge >= 0.3 is 5.24 Å². The van der Waals surface area contributed by atoms with Crippen LogP contribution in [0.15, 0.2) is 67.0 Å². The number of carbonyl (C=O) groups excluding carboxylic acids is 3. The molecule has 1 atom stereocenters. The van der Waals surface area contributed by atoms with E-state index in [0.29, 0.717) is 31.2 Å². The molecule has 9 nitrogen and oxygen atoms in total. The molecule has 1 saturated carbocycles. The zero-order chi connectivity index (χ0) is 29.7. The van der Waals surface area contributed by atoms with Crippen molar-refractivity contribution >= 4 is 26.9 Å². The third-order valence-corrected chi connectivity index (χ3v) is 8.70. The molecule has 1 N–H and O–H groups in total. The number of sulfone groups is 1. The molecule has 2 aromatic carbocycles. The lowest BCUT2D eigenvalue weighted by Crippen LogP contribution is -2.57. The maximum absolute atomic E-state index is 14.1. The number of aryl methyl sites for hydroxylation is 2. The van der Waals surface area contributed by atoms with E-state index in [9.17, 15) is 22.8 Å². The molecule has 0 saturated heterocycles. The maximum Gasteiger partial charge on any atom is 0.354 e. The molecule has 0 bridgehead atoms. The van der Waals surface area contributed by atoms with Crippen LogP contribution in [0, 0.1) is 13.8 Å². The number of nitrogens with zero attached hydrogens (tertiary/aromatic N) is 3. The number of hydrogen-bond acceptors (Lipinski definition) is 5. The van der Waals surface area contributed by atoms with Crippen molar-refractivity contribution in [2.45, 2.75) is 65.0 Å². The fraction of sp³-hybridized carbons (Fsp3) is 0.387. The second-order valence-corrected chi connectivity index (χ2v) is 12.8. The molecular weight excluding hydrogens is 540 g/mol. The highest BCUT2D eigenvalue weighted by Gasteiger charge is 2.41. The Balaban J connectivity index is 1.64. The Morgan fingerprint density at radius 2 is 1.61 bits per heavy atom. The molecule has 41 heavy (non-hydrogen) atoms. The van der Waals surface area contributed by atoms with Crippen molar-refractivity contribution in [1.82, 2.24) is 19.9 Å². The van der Waals surface area contributed by atoms with Crippen LogP contribution in [0.4, 0.5) is 4.79 Å². The maximum atomic E-state index is 14.1. The number of benzene rings is 2. The van der Waals surface area contributed by atoms with E-state index in [1.54, 1.807) is 19.2 Å². The molecule has 10 heteroatoms. The van der Waals surface area contributed by atoms with Gasteiger partial charge in [-0.15, -0.1) is 0 Å². The van der Waals surface area contributed by atoms with Crippen molar-refractivity contribution in [3.8, 4) is 5.69 Å². The number of carbonyl (C=O) groups is 3. The normalized spacial score (nSPS) is 13.9. The molecule has 1 aliphatic carbocycles. The average molecular weight is 579 g/mol. The predicted molar refractivity (Wildman–Crippen MR) is 158 cm³/mol. The first-order valence-electron chi connectivity index (χ1n) is 13.9. The van der Waals surface area contributed by atoms with Crippen LogP contribution in [0.2, 0.25) is 0 Å². The molecule has 1 heterocycles. The zero-order valence-electron chi connectivity index (χ0n) is 24.0. The van der Waals surface area contributed by atoms with Gasteiger partial charge in [-0.05, 0) is 75.1 Å². The zero-order valence-corrected chi connectivity index (χ0v) is 24.9. The van der Waals surface area contributed by atoms with Crippen LogP contribution in [-0.2, 0) is 21.1 Å². The highest BCUT2D eigenvalue weighted by molar-refractivity contribution is 8.05. The van der Waals surface area contributed by atoms with Gasteiger partial charge in [-0.2, -0.15) is 0 Å². The van der Waals surface area contributed by atoms with Gasteiger partial charge < -0.3 is 9.47 Å². The van der Waals surface area contributed by atoms with Gasteiger partial charge in [0, 0.05) is 37.1 Å². The Morgan fingerprint density at radius 1 is 1.00 bits per heavy atom. The number of amides is 3. The summed E-state index contributed by atoms with van der Waals surface area (Å²) in [7, 11) is -2.51. The number of hydrazine groups is 1. The van der Waals surface area contributed by atoms with E-state index in [1.807, 2.05) is 80.2 Å². The first-order valence-corrected chi connectivity index (χ1v) is 15.6. The molecule has 4 rings (SSSR count). The number of nitrogens with one attached hydrogen (secondary N) is 1. The van der Waals surface area contributed by atoms with Gasteiger partial charge in [0.2, 0.25) is 9.84 Å². The molecule has 1 aliphatic rings. The monoisotopic (exact) mass is 578 g/mol. The largest absolute Gasteiger partial charge is 0.354 e. The van der Waals surface area contributed by atoms with Crippen molar-refractivity contribution < 1.29 is 22.8 Å². The number of aromatic nitrogens is 1. The van der Waals surface area contributed by atoms with E-state index < -0.39 is 27.0 Å². The summed E-state index contributed by atoms with van der Waals surface area (Å²) in [4.78, 5) is 41.9. The summed E-state index contributed by atoms with van der Waals surface area (Å²) in [6, 6.07) is 15.7. The summed E-state index contributed by atoms with van der Waals surface area (Å²) < 4.78 is 27.1. The van der Waals surface area contributed by atoms with Crippen molar-refractivity contribution in [2.75, 3.05) is 12.8 Å². The van der Waals surface area contributed by atoms with Crippen LogP contribution >= 0.6 is 0 Å². The van der Waals surface area contributed by atoms with Crippen molar-refractivity contribution in [2.24, 2.45) is 0 Å². The average Bonchev–Trinajstić information content (AvgIpc) is 3.64. The van der Waals surface area contributed by atoms with E-state index in [-0.39, 0.29) is 24.1 Å². The van der Waals surface area contributed by atoms with E-state index in [4.69, 9.17) is 0 Å². The molecule has 3 aromatic rings. The smallest absolute Gasteiger partial charge is 0.329 e. The van der Waals surface area contributed by atoms with Gasteiger partial charge in [-0.25, -0.2) is 13.4 Å². The SMILES string of the molecule is CCCCS(=O)(=O)C(=O)NN(C(=O)[C@H](Cc1ccc(-n2cccc2)cc1)N(C)C(=O)c1cc(C)cc(C)c1)C1CC1. The Bertz CT molecular complexity index is 1480. The molecule has 0 unspecified atom stereocenters. The van der Waals surface area contributed by atoms with Crippen molar-refractivity contribution in [3.63, 3.8) is 0 Å². The third-order valence-electron chi connectivity index (χ3n) is 7.22. The Labute approximate surface area is 242 Å². The molecule has 0 aliphatic heterocycles. The Hall–Kier alpha value is -3.92. The fourth-order valence-corrected chi connectivity index (χ4v) is 5.87. The minimum Gasteiger partial charge on any atom is -0.329 e. The second-order valence-electron chi connectivity index (χ2n) is 10.8. The molecule has 3 amide bonds. The first kappa shape index (κ1) is 30.0. The van der Waals surface area contributed by atoms with Crippen LogP contribution in [0.1, 0.15) is 59.7 Å². The summed E-state index contributed by atoms with van der Waals surface area (Å²) in [6.45, 7) is 5.65. The Morgan fingerprint density at radius 3 is 2.17 bits per heavy atom. The first-order chi connectivity index (χ1) is 19.5. The second kappa shape index (κ2) is 12.7. The van der Waals surface area contributed by atoms with Crippen LogP contribution in [-0.4, -0.2) is 64.8 Å². The molecule has 1 aromatic heterocycles. The third kappa shape index (κ3) is 7.43. The van der Waals surface area contributed by atoms with Crippen LogP contribution in [0.3, 0.4) is 0 Å². The minimum atomic E-state index is -4.08. The lowest BCUT2D eigenvalue weighted by molar-refractivity contribution is -0.138. The van der Waals surface area contributed by atoms with Gasteiger partial charge in [0.1, 0.15) is 6.04 Å². The van der Waals surface area contributed by atoms with E-state index in [1.165, 1.54) is 4.90 Å². The summed E-state index contributed by atoms with van der Waals surface area (Å²) >= 11 is 0. The quantitative estimate of drug-likeness (QED) is 0.354. The molecule has 0 spiro atoms. The van der Waals surface area contributed by atoms with E-state index in [2.05, 4.69) is 5.43 Å². The summed E-state index contributed by atoms with van der Waals surface area (Å²) in [5.41, 5.74) is 6.46. The van der Waals surface area contributed by atoms with Crippen molar-refractivity contribution in [3.05, 3.63) is 89.2 Å². The van der Waals surface area contributed by atoms with Crippen LogP contribution < -0.4 is 5.43 Å². The molecule has 1 fully saturated rings. The van der Waals surface area contributed by atoms with Gasteiger partial charge in [-0.3, -0.25) is 19.8 Å². The molecular formula is C31H38N4O5S. The lowest BCUT2D eigenvalue weighted by Gasteiger charge is -2.33. The fourth-order valence-electron chi connectivity index (χ4n) is 4.78. The summed E-state index contributed by atoms with van der Waals surface area (Å²) in [5, 5.41) is -0.0556. The van der Waals surface area contributed by atoms with E-state index in [0.717, 1.165) is 27.4 Å². The number of likely N-dealkylation sites (N-methyl/N-ethyl adjacent to an activating group) is 1. The van der Waals surface area contributed by atoms with E-state index >= 15 is 0 Å². The highest BCUT2D eigenvalue weighted by atomic mass is 32.2. The number of hydrogen-bond donors (Lipinski definition) is 1. The van der Waals surface area contributed by atoms with Gasteiger partial charge in [0.05, 0.1) is 11.8 Å². The minimum absolute atomic E-state index is 0.180. The predicted octanol–water partition coefficient (Wildman–Crippen LogP) is 4.61. The van der Waals surface area contributed by atoms with Gasteiger partial charge in [0.25, 0.3) is 11.8 Å². The Kier molecular flexibility index (Phi) is 9.32. The molecule has 0 radical (unpaired) electrons. The van der Waals surface area contributed by atoms with Crippen molar-refractivity contribution in [1.29, 1.82) is 0 Å². The number of unbranched alkanes of at least 4 members (excludes halogenated alkanes) is 1. The number of rotatable bonds is 10. The van der Waals surface area contributed by atoms with Crippen LogP contribution in [0.25, 0.3) is 5.69 Å². The standard InChI is InChI=1S/C31H38N4O5S/c1-5-6-17-41(39,40)31(38)32-35(27-13-14-27)30(37)28(33(4)29(36)25-19-22(2)18-23(3)20-25)21-24-9-11-26(12-10-24)34-15-7-8-16-34/h7-12,15-16,18-20,27-28H,5-6,13-14,17,21H2,1-4H3,(H,32,38)/t28-/m0/s1. The van der Waals surface area contributed by atoms with Crippen LogP contribution in [0.5, 0.6) is 0 Å². The van der Waals surface area contributed by atoms with Gasteiger partial charge in [0.15, 0.2) is 0 Å². The summed E-state index contributed by atoms with van der Waals surface area (Å²) in [5.74, 6) is -1.15. The van der Waals surface area contributed by atoms with Gasteiger partial charge in [-0.1, -0.05) is 42.7 Å². The lowest BCUT2D eigenvalue weighted by atomic mass is 10.0. The molecule has 218 valence electrons. The summed E-state index contributed by atoms with van der Waals surface area (Å²) in [6.07, 6.45) is 6.28. The topological polar surface area (TPSA) is 109 Å². The highest BCUT2D eigenvalue weighted by Crippen LogP contribution is 2.28.